The molecule has 0 aliphatic carbocycles. The van der Waals surface area contributed by atoms with Gasteiger partial charge in [-0.1, -0.05) is 60.7 Å². The lowest BCUT2D eigenvalue weighted by Gasteiger charge is -2.32. The lowest BCUT2D eigenvalue weighted by molar-refractivity contribution is -0.291. The number of carboxylic acids is 2. The van der Waals surface area contributed by atoms with Gasteiger partial charge in [-0.15, -0.1) is 0 Å². The fourth-order valence-corrected chi connectivity index (χ4v) is 5.94. The van der Waals surface area contributed by atoms with Gasteiger partial charge in [-0.2, -0.15) is 0 Å². The van der Waals surface area contributed by atoms with Crippen LogP contribution in [0.3, 0.4) is 0 Å². The second kappa shape index (κ2) is 12.1. The minimum Gasteiger partial charge on any atom is -0.482 e. The van der Waals surface area contributed by atoms with E-state index in [-0.39, 0.29) is 34.6 Å². The van der Waals surface area contributed by atoms with Gasteiger partial charge in [0.05, 0.1) is 11.3 Å². The van der Waals surface area contributed by atoms with Crippen LogP contribution in [0.15, 0.2) is 126 Å². The smallest absolute Gasteiger partial charge is 0.482 e. The van der Waals surface area contributed by atoms with Crippen molar-refractivity contribution in [3.8, 4) is 33.9 Å². The summed E-state index contributed by atoms with van der Waals surface area (Å²) in [6.07, 6.45) is 1.69. The molecule has 2 aliphatic rings. The maximum absolute atomic E-state index is 17.5. The predicted octanol–water partition coefficient (Wildman–Crippen LogP) is 6.61. The Balaban J connectivity index is 1.43. The number of aromatic nitrogens is 1. The summed E-state index contributed by atoms with van der Waals surface area (Å²) >= 11 is 0. The van der Waals surface area contributed by atoms with Crippen molar-refractivity contribution in [3.05, 3.63) is 132 Å². The van der Waals surface area contributed by atoms with E-state index in [1.807, 2.05) is 60.7 Å². The SMILES string of the molecule is O=C(O)COc1ccc(C2=[N+]3C(=Nc4c(-c5ccccc5)cc(-c5ccc(OCC(=O)O)cc5)n4[B-]3(F)F)C(c3ccccc3)=C2)cc1. The van der Waals surface area contributed by atoms with Crippen LogP contribution in [-0.4, -0.2) is 62.8 Å². The maximum atomic E-state index is 17.5. The summed E-state index contributed by atoms with van der Waals surface area (Å²) in [7, 11) is 0. The van der Waals surface area contributed by atoms with Gasteiger partial charge in [0.1, 0.15) is 11.5 Å². The Hall–Kier alpha value is -6.30. The minimum atomic E-state index is -4.57. The number of aliphatic carboxylic acids is 2. The summed E-state index contributed by atoms with van der Waals surface area (Å²) in [6.45, 7) is -5.64. The molecule has 12 heteroatoms. The Kier molecular flexibility index (Phi) is 7.68. The molecule has 0 saturated carbocycles. The number of benzene rings is 4. The largest absolute Gasteiger partial charge is 0.642 e. The number of aliphatic imine (C=N–C) groups is 1. The van der Waals surface area contributed by atoms with E-state index in [0.717, 1.165) is 8.96 Å². The molecule has 1 aromatic heterocycles. The number of carboxylic acid groups (broad SMARTS) is 2. The van der Waals surface area contributed by atoms with Crippen LogP contribution < -0.4 is 9.47 Å². The van der Waals surface area contributed by atoms with Crippen LogP contribution >= 0.6 is 0 Å². The Bertz CT molecular complexity index is 2140. The molecule has 238 valence electrons. The topological polar surface area (TPSA) is 113 Å². The number of carbonyl (C=O) groups is 2. The van der Waals surface area contributed by atoms with Crippen molar-refractivity contribution in [2.75, 3.05) is 13.2 Å². The molecule has 2 N–H and O–H groups in total. The van der Waals surface area contributed by atoms with Gasteiger partial charge in [-0.3, -0.25) is 0 Å². The third-order valence-corrected chi connectivity index (χ3v) is 8.05. The van der Waals surface area contributed by atoms with E-state index >= 15 is 8.63 Å². The Morgan fingerprint density at radius 2 is 1.23 bits per heavy atom. The molecule has 0 saturated heterocycles. The molecule has 2 aliphatic heterocycles. The van der Waals surface area contributed by atoms with Crippen LogP contribution in [0.25, 0.3) is 28.0 Å². The van der Waals surface area contributed by atoms with Crippen LogP contribution in [-0.2, 0) is 9.59 Å². The highest BCUT2D eigenvalue weighted by Gasteiger charge is 2.53. The number of rotatable bonds is 10. The Morgan fingerprint density at radius 1 is 0.708 bits per heavy atom. The van der Waals surface area contributed by atoms with E-state index in [2.05, 4.69) is 0 Å². The first-order valence-electron chi connectivity index (χ1n) is 15.0. The molecule has 4 aromatic carbocycles. The second-order valence-corrected chi connectivity index (χ2v) is 11.1. The van der Waals surface area contributed by atoms with Gasteiger partial charge in [0.25, 0.3) is 5.84 Å². The first kappa shape index (κ1) is 30.4. The monoisotopic (exact) mass is 645 g/mol. The van der Waals surface area contributed by atoms with E-state index in [1.165, 1.54) is 0 Å². The standard InChI is InChI=1S/C36H26BF2N3O6/c38-37(39)41-31(25-11-15-27(16-12-25)47-21-33(43)44)19-29(23-7-3-1-4-8-23)35(41)40-36-30(24-9-5-2-6-10-24)20-32(42(36)37)26-13-17-28(18-14-26)48-22-34(45)46/h1-20H,21-22H2,(H,43,44)(H,45,46). The fourth-order valence-electron chi connectivity index (χ4n) is 5.94. The lowest BCUT2D eigenvalue weighted by atomic mass is 9.90. The average molecular weight is 645 g/mol. The number of halogens is 2. The van der Waals surface area contributed by atoms with E-state index in [1.54, 1.807) is 60.7 Å². The molecule has 3 heterocycles. The number of nitrogens with zero attached hydrogens (tertiary/aromatic N) is 3. The number of allylic oxidation sites excluding steroid dienone is 1. The zero-order chi connectivity index (χ0) is 33.4. The molecule has 0 bridgehead atoms. The van der Waals surface area contributed by atoms with E-state index in [9.17, 15) is 9.59 Å². The van der Waals surface area contributed by atoms with Crippen molar-refractivity contribution in [1.29, 1.82) is 0 Å². The highest BCUT2D eigenvalue weighted by Crippen LogP contribution is 2.46. The summed E-state index contributed by atoms with van der Waals surface area (Å²) < 4.78 is 47.4. The molecular formula is C36H26BF2N3O6. The Morgan fingerprint density at radius 3 is 1.77 bits per heavy atom. The number of amidine groups is 1. The lowest BCUT2D eigenvalue weighted by Crippen LogP contribution is -2.53. The summed E-state index contributed by atoms with van der Waals surface area (Å²) in [4.78, 5) is 26.9. The number of hydrogen-bond acceptors (Lipinski definition) is 5. The fraction of sp³-hybridized carbons (Fsp3) is 0.0556. The van der Waals surface area contributed by atoms with Gasteiger partial charge in [-0.25, -0.2) is 9.59 Å². The summed E-state index contributed by atoms with van der Waals surface area (Å²) in [5.74, 6) is -1.50. The third-order valence-electron chi connectivity index (χ3n) is 8.05. The van der Waals surface area contributed by atoms with Crippen LogP contribution in [0.1, 0.15) is 11.1 Å². The molecule has 0 atom stereocenters. The van der Waals surface area contributed by atoms with Crippen LogP contribution in [0.2, 0.25) is 0 Å². The van der Waals surface area contributed by atoms with Gasteiger partial charge in [0.2, 0.25) is 5.82 Å². The average Bonchev–Trinajstić information content (AvgIpc) is 3.69. The molecular weight excluding hydrogens is 619 g/mol. The second-order valence-electron chi connectivity index (χ2n) is 11.1. The van der Waals surface area contributed by atoms with Crippen molar-refractivity contribution < 1.29 is 42.4 Å². The van der Waals surface area contributed by atoms with E-state index in [0.29, 0.717) is 33.4 Å². The van der Waals surface area contributed by atoms with E-state index < -0.39 is 32.1 Å². The first-order valence-corrected chi connectivity index (χ1v) is 15.0. The Labute approximate surface area is 273 Å². The molecule has 0 spiro atoms. The van der Waals surface area contributed by atoms with Gasteiger partial charge in [0.15, 0.2) is 13.2 Å². The summed E-state index contributed by atoms with van der Waals surface area (Å²) in [5.41, 5.74) is 3.80. The molecule has 9 nitrogen and oxygen atoms in total. The van der Waals surface area contributed by atoms with Crippen molar-refractivity contribution in [2.24, 2.45) is 4.99 Å². The van der Waals surface area contributed by atoms with Crippen molar-refractivity contribution in [2.45, 2.75) is 0 Å². The molecule has 0 unspecified atom stereocenters. The molecule has 0 radical (unpaired) electrons. The van der Waals surface area contributed by atoms with Crippen LogP contribution in [0, 0.1) is 0 Å². The van der Waals surface area contributed by atoms with Crippen LogP contribution in [0.4, 0.5) is 14.4 Å². The third kappa shape index (κ3) is 5.53. The van der Waals surface area contributed by atoms with Crippen molar-refractivity contribution >= 4 is 41.8 Å². The molecule has 48 heavy (non-hydrogen) atoms. The van der Waals surface area contributed by atoms with Gasteiger partial charge in [0, 0.05) is 16.8 Å². The summed E-state index contributed by atoms with van der Waals surface area (Å²) in [5, 5.41) is 18.0. The van der Waals surface area contributed by atoms with Crippen molar-refractivity contribution in [3.63, 3.8) is 0 Å². The van der Waals surface area contributed by atoms with Gasteiger partial charge in [-0.05, 0) is 82.4 Å². The molecule has 0 fully saturated rings. The summed E-state index contributed by atoms with van der Waals surface area (Å²) in [6, 6.07) is 32.7. The molecule has 0 amide bonds. The minimum absolute atomic E-state index is 0.0964. The molecule has 5 aromatic rings. The van der Waals surface area contributed by atoms with Crippen LogP contribution in [0.5, 0.6) is 11.5 Å². The molecule has 7 rings (SSSR count). The predicted molar refractivity (Wildman–Crippen MR) is 177 cm³/mol. The van der Waals surface area contributed by atoms with Gasteiger partial charge >= 0.3 is 18.9 Å². The number of fused-ring (bicyclic) bond motifs is 2. The van der Waals surface area contributed by atoms with Gasteiger partial charge < -0.3 is 37.3 Å². The zero-order valence-corrected chi connectivity index (χ0v) is 25.2. The normalized spacial score (nSPS) is 14.5. The maximum Gasteiger partial charge on any atom is 0.642 e. The highest BCUT2D eigenvalue weighted by atomic mass is 19.2. The number of ether oxygens (including phenoxy) is 2. The highest BCUT2D eigenvalue weighted by molar-refractivity contribution is 6.63. The quantitative estimate of drug-likeness (QED) is 0.165. The van der Waals surface area contributed by atoms with Crippen molar-refractivity contribution in [1.82, 2.24) is 4.48 Å². The first-order chi connectivity index (χ1) is 23.2. The van der Waals surface area contributed by atoms with E-state index in [4.69, 9.17) is 24.7 Å². The zero-order valence-electron chi connectivity index (χ0n) is 25.2. The number of hydrogen-bond donors (Lipinski definition) is 2.